The van der Waals surface area contributed by atoms with E-state index in [1.807, 2.05) is 6.92 Å². The van der Waals surface area contributed by atoms with E-state index in [4.69, 9.17) is 9.47 Å². The molecule has 0 saturated heterocycles. The monoisotopic (exact) mass is 412 g/mol. The smallest absolute Gasteiger partial charge is 0.453 e. The van der Waals surface area contributed by atoms with Crippen molar-refractivity contribution in [3.63, 3.8) is 0 Å². The first-order chi connectivity index (χ1) is 12.5. The molecule has 2 aliphatic carbocycles. The molecule has 0 amide bonds. The highest BCUT2D eigenvalue weighted by atomic mass is 19.4. The Hall–Kier alpha value is -1.67. The Balaban J connectivity index is 2.01. The van der Waals surface area contributed by atoms with Crippen molar-refractivity contribution in [3.05, 3.63) is 12.2 Å². The van der Waals surface area contributed by atoms with Gasteiger partial charge in [0.05, 0.1) is 0 Å². The highest BCUT2D eigenvalue weighted by Gasteiger charge is 2.59. The SMILES string of the molecule is C=C(C)C(=O)OC1(C)CC2CC(CC(C)(OC(=O)CC(F)(F)C(F)(F)F)C2)C1. The Morgan fingerprint density at radius 1 is 0.964 bits per heavy atom. The second-order valence-corrected chi connectivity index (χ2v) is 8.71. The van der Waals surface area contributed by atoms with Crippen LogP contribution in [-0.2, 0) is 19.1 Å². The second-order valence-electron chi connectivity index (χ2n) is 8.71. The summed E-state index contributed by atoms with van der Waals surface area (Å²) >= 11 is 0. The number of esters is 2. The van der Waals surface area contributed by atoms with Crippen LogP contribution in [0.2, 0.25) is 0 Å². The molecule has 0 heterocycles. The molecule has 0 aromatic carbocycles. The van der Waals surface area contributed by atoms with E-state index in [1.54, 1.807) is 13.8 Å². The van der Waals surface area contributed by atoms with Crippen LogP contribution in [0.4, 0.5) is 22.0 Å². The Morgan fingerprint density at radius 3 is 1.79 bits per heavy atom. The van der Waals surface area contributed by atoms with Gasteiger partial charge in [0, 0.05) is 5.57 Å². The number of hydrogen-bond acceptors (Lipinski definition) is 4. The quantitative estimate of drug-likeness (QED) is 0.364. The summed E-state index contributed by atoms with van der Waals surface area (Å²) in [5, 5.41) is 0. The third-order valence-electron chi connectivity index (χ3n) is 5.38. The third-order valence-corrected chi connectivity index (χ3v) is 5.38. The lowest BCUT2D eigenvalue weighted by molar-refractivity contribution is -0.285. The number of fused-ring (bicyclic) bond motifs is 2. The van der Waals surface area contributed by atoms with Gasteiger partial charge in [-0.1, -0.05) is 6.58 Å². The summed E-state index contributed by atoms with van der Waals surface area (Å²) in [7, 11) is 0. The number of ether oxygens (including phenoxy) is 2. The predicted molar refractivity (Wildman–Crippen MR) is 89.5 cm³/mol. The molecule has 2 saturated carbocycles. The highest BCUT2D eigenvalue weighted by Crippen LogP contribution is 2.50. The predicted octanol–water partition coefficient (Wildman–Crippen LogP) is 4.96. The molecule has 9 heteroatoms. The van der Waals surface area contributed by atoms with E-state index in [9.17, 15) is 31.5 Å². The van der Waals surface area contributed by atoms with Crippen LogP contribution in [0.15, 0.2) is 12.2 Å². The van der Waals surface area contributed by atoms with Crippen LogP contribution in [0.5, 0.6) is 0 Å². The molecule has 2 unspecified atom stereocenters. The molecule has 28 heavy (non-hydrogen) atoms. The van der Waals surface area contributed by atoms with Gasteiger partial charge in [0.15, 0.2) is 0 Å². The summed E-state index contributed by atoms with van der Waals surface area (Å²) < 4.78 is 73.7. The van der Waals surface area contributed by atoms with E-state index in [0.29, 0.717) is 25.7 Å². The zero-order chi connectivity index (χ0) is 21.5. The molecular weight excluding hydrogens is 387 g/mol. The van der Waals surface area contributed by atoms with E-state index < -0.39 is 41.7 Å². The van der Waals surface area contributed by atoms with Crippen molar-refractivity contribution in [1.82, 2.24) is 0 Å². The van der Waals surface area contributed by atoms with Gasteiger partial charge >= 0.3 is 24.0 Å². The molecule has 2 atom stereocenters. The van der Waals surface area contributed by atoms with Crippen molar-refractivity contribution in [2.24, 2.45) is 11.8 Å². The molecule has 0 N–H and O–H groups in total. The Bertz CT molecular complexity index is 641. The normalized spacial score (nSPS) is 33.1. The fraction of sp³-hybridized carbons (Fsp3) is 0.789. The standard InChI is InChI=1S/C19H25F5O4/c1-11(2)15(26)28-17(4)8-12-5-13(9-17)7-16(3,6-12)27-14(25)10-18(20,21)19(22,23)24/h12-13H,1,5-10H2,2-4H3. The van der Waals surface area contributed by atoms with Gasteiger partial charge in [-0.05, 0) is 64.7 Å². The first-order valence-electron chi connectivity index (χ1n) is 9.09. The number of carbonyl (C=O) groups excluding carboxylic acids is 2. The molecule has 2 aliphatic rings. The Morgan fingerprint density at radius 2 is 1.39 bits per heavy atom. The maximum absolute atomic E-state index is 13.1. The topological polar surface area (TPSA) is 52.6 Å². The van der Waals surface area contributed by atoms with Crippen LogP contribution in [0.25, 0.3) is 0 Å². The first kappa shape index (κ1) is 22.6. The molecule has 0 spiro atoms. The van der Waals surface area contributed by atoms with Crippen LogP contribution in [0.3, 0.4) is 0 Å². The second kappa shape index (κ2) is 7.30. The molecule has 0 radical (unpaired) electrons. The van der Waals surface area contributed by atoms with Crippen molar-refractivity contribution in [3.8, 4) is 0 Å². The maximum atomic E-state index is 13.1. The summed E-state index contributed by atoms with van der Waals surface area (Å²) in [6.45, 7) is 8.46. The molecule has 2 rings (SSSR count). The Kier molecular flexibility index (Phi) is 5.89. The maximum Gasteiger partial charge on any atom is 0.453 e. The number of hydrogen-bond donors (Lipinski definition) is 0. The van der Waals surface area contributed by atoms with Crippen LogP contribution in [-0.4, -0.2) is 35.2 Å². The van der Waals surface area contributed by atoms with Gasteiger partial charge in [0.2, 0.25) is 0 Å². The van der Waals surface area contributed by atoms with Crippen molar-refractivity contribution in [2.45, 2.75) is 82.6 Å². The zero-order valence-corrected chi connectivity index (χ0v) is 16.1. The van der Waals surface area contributed by atoms with E-state index in [2.05, 4.69) is 6.58 Å². The van der Waals surface area contributed by atoms with Gasteiger partial charge in [0.1, 0.15) is 17.6 Å². The third kappa shape index (κ3) is 5.23. The van der Waals surface area contributed by atoms with Crippen LogP contribution in [0.1, 0.15) is 59.3 Å². The lowest BCUT2D eigenvalue weighted by Crippen LogP contribution is -2.50. The van der Waals surface area contributed by atoms with Crippen molar-refractivity contribution in [2.75, 3.05) is 0 Å². The summed E-state index contributed by atoms with van der Waals surface area (Å²) in [4.78, 5) is 23.6. The van der Waals surface area contributed by atoms with Crippen LogP contribution in [0, 0.1) is 11.8 Å². The fourth-order valence-electron chi connectivity index (χ4n) is 4.63. The summed E-state index contributed by atoms with van der Waals surface area (Å²) in [5.41, 5.74) is -1.55. The molecule has 0 aliphatic heterocycles. The number of carbonyl (C=O) groups is 2. The fourth-order valence-corrected chi connectivity index (χ4v) is 4.63. The minimum absolute atomic E-state index is 0.00338. The average molecular weight is 412 g/mol. The average Bonchev–Trinajstić information content (AvgIpc) is 2.41. The molecule has 4 nitrogen and oxygen atoms in total. The van der Waals surface area contributed by atoms with Crippen molar-refractivity contribution in [1.29, 1.82) is 0 Å². The summed E-state index contributed by atoms with van der Waals surface area (Å²) in [6.07, 6.45) is -5.42. The minimum atomic E-state index is -5.80. The number of rotatable bonds is 5. The van der Waals surface area contributed by atoms with E-state index >= 15 is 0 Å². The van der Waals surface area contributed by atoms with Gasteiger partial charge < -0.3 is 9.47 Å². The van der Waals surface area contributed by atoms with Gasteiger partial charge in [-0.15, -0.1) is 0 Å². The molecule has 2 fully saturated rings. The number of halogens is 5. The van der Waals surface area contributed by atoms with Crippen molar-refractivity contribution < 1.29 is 41.0 Å². The minimum Gasteiger partial charge on any atom is -0.459 e. The van der Waals surface area contributed by atoms with Gasteiger partial charge in [-0.2, -0.15) is 22.0 Å². The van der Waals surface area contributed by atoms with Crippen molar-refractivity contribution >= 4 is 11.9 Å². The largest absolute Gasteiger partial charge is 0.459 e. The van der Waals surface area contributed by atoms with Gasteiger partial charge in [-0.3, -0.25) is 4.79 Å². The number of alkyl halides is 5. The molecule has 0 aromatic heterocycles. The van der Waals surface area contributed by atoms with E-state index in [0.717, 1.165) is 6.42 Å². The lowest BCUT2D eigenvalue weighted by Gasteiger charge is -2.50. The molecular formula is C19H25F5O4. The molecule has 2 bridgehead atoms. The van der Waals surface area contributed by atoms with Gasteiger partial charge in [-0.25, -0.2) is 4.79 Å². The molecule has 0 aromatic rings. The first-order valence-corrected chi connectivity index (χ1v) is 9.09. The van der Waals surface area contributed by atoms with Crippen LogP contribution >= 0.6 is 0 Å². The molecule has 160 valence electrons. The summed E-state index contributed by atoms with van der Waals surface area (Å²) in [5.74, 6) is -7.19. The van der Waals surface area contributed by atoms with E-state index in [1.165, 1.54) is 0 Å². The van der Waals surface area contributed by atoms with Crippen LogP contribution < -0.4 is 0 Å². The van der Waals surface area contributed by atoms with E-state index in [-0.39, 0.29) is 17.4 Å². The zero-order valence-electron chi connectivity index (χ0n) is 16.1. The summed E-state index contributed by atoms with van der Waals surface area (Å²) in [6, 6.07) is 0. The lowest BCUT2D eigenvalue weighted by atomic mass is 9.62. The Labute approximate surface area is 160 Å². The van der Waals surface area contributed by atoms with Gasteiger partial charge in [0.25, 0.3) is 0 Å². The highest BCUT2D eigenvalue weighted by molar-refractivity contribution is 5.87.